The summed E-state index contributed by atoms with van der Waals surface area (Å²) in [7, 11) is 0. The molecule has 234 valence electrons. The highest BCUT2D eigenvalue weighted by atomic mass is 16.6. The number of carbonyl (C=O) groups excluding carboxylic acids is 2. The summed E-state index contributed by atoms with van der Waals surface area (Å²) < 4.78 is 18.2. The van der Waals surface area contributed by atoms with Crippen molar-refractivity contribution in [1.82, 2.24) is 19.8 Å². The molecule has 44 heavy (non-hydrogen) atoms. The van der Waals surface area contributed by atoms with Crippen LogP contribution in [-0.4, -0.2) is 62.7 Å². The van der Waals surface area contributed by atoms with Crippen LogP contribution in [0.3, 0.4) is 0 Å². The van der Waals surface area contributed by atoms with Crippen LogP contribution in [0.2, 0.25) is 0 Å². The third-order valence-corrected chi connectivity index (χ3v) is 9.09. The van der Waals surface area contributed by atoms with Crippen molar-refractivity contribution in [3.8, 4) is 17.0 Å². The maximum atomic E-state index is 13.0. The van der Waals surface area contributed by atoms with Crippen molar-refractivity contribution in [3.05, 3.63) is 71.2 Å². The average molecular weight is 601 g/mol. The molecule has 3 aliphatic heterocycles. The van der Waals surface area contributed by atoms with E-state index in [2.05, 4.69) is 44.0 Å². The number of likely N-dealkylation sites (tertiary alicyclic amines) is 2. The molecular weight excluding hydrogens is 556 g/mol. The largest absolute Gasteiger partial charge is 0.480 e. The molecule has 4 heterocycles. The maximum absolute atomic E-state index is 13.0. The summed E-state index contributed by atoms with van der Waals surface area (Å²) in [6.07, 6.45) is 2.21. The van der Waals surface area contributed by atoms with Crippen molar-refractivity contribution in [2.75, 3.05) is 19.6 Å². The van der Waals surface area contributed by atoms with Crippen LogP contribution in [0.1, 0.15) is 88.9 Å². The molecule has 1 spiro atoms. The summed E-state index contributed by atoms with van der Waals surface area (Å²) in [5.74, 6) is 1.90. The van der Waals surface area contributed by atoms with Gasteiger partial charge in [-0.15, -0.1) is 0 Å². The first-order valence-electron chi connectivity index (χ1n) is 15.7. The molecule has 3 aromatic rings. The zero-order chi connectivity index (χ0) is 31.3. The Morgan fingerprint density at radius 1 is 1.05 bits per heavy atom. The number of carbonyl (C=O) groups is 2. The zero-order valence-corrected chi connectivity index (χ0v) is 26.7. The molecule has 1 unspecified atom stereocenters. The number of piperidine rings is 2. The van der Waals surface area contributed by atoms with Crippen LogP contribution < -0.4 is 4.74 Å². The molecule has 6 rings (SSSR count). The van der Waals surface area contributed by atoms with E-state index in [0.29, 0.717) is 32.5 Å². The van der Waals surface area contributed by atoms with E-state index < -0.39 is 16.7 Å². The zero-order valence-electron chi connectivity index (χ0n) is 26.7. The number of amides is 2. The third-order valence-electron chi connectivity index (χ3n) is 9.09. The number of nitrogens with zero attached hydrogens (tertiary/aromatic N) is 3. The molecule has 0 radical (unpaired) electrons. The first-order valence-corrected chi connectivity index (χ1v) is 15.7. The second kappa shape index (κ2) is 11.2. The maximum Gasteiger partial charge on any atom is 0.410 e. The normalized spacial score (nSPS) is 20.4. The van der Waals surface area contributed by atoms with Gasteiger partial charge >= 0.3 is 12.2 Å². The average Bonchev–Trinajstić information content (AvgIpc) is 3.42. The lowest BCUT2D eigenvalue weighted by Gasteiger charge is -2.45. The molecule has 2 amide bonds. The standard InChI is InChI=1S/C35H44N4O5/c1-23-12-13-26-27(20-23)43-35(15-18-38(19-16-35)31(40)42-22-24-10-8-7-9-11-24)29-28(26)36-30(37-29)25-14-17-39(34(5,6)21-25)32(41)44-33(2,3)4/h7-13,20,25H,14-19,21-22H2,1-6H3,(H,36,37). The van der Waals surface area contributed by atoms with Crippen LogP contribution in [0.5, 0.6) is 5.75 Å². The second-order valence-corrected chi connectivity index (χ2v) is 14.1. The Balaban J connectivity index is 1.22. The number of benzene rings is 2. The summed E-state index contributed by atoms with van der Waals surface area (Å²) in [6.45, 7) is 13.8. The first-order chi connectivity index (χ1) is 20.8. The molecule has 0 bridgehead atoms. The van der Waals surface area contributed by atoms with E-state index in [1.165, 1.54) is 0 Å². The fourth-order valence-corrected chi connectivity index (χ4v) is 6.79. The van der Waals surface area contributed by atoms with Gasteiger partial charge in [-0.2, -0.15) is 0 Å². The lowest BCUT2D eigenvalue weighted by Crippen LogP contribution is -2.53. The van der Waals surface area contributed by atoms with Gasteiger partial charge < -0.3 is 29.0 Å². The molecule has 2 aromatic carbocycles. The van der Waals surface area contributed by atoms with Gasteiger partial charge in [0, 0.05) is 49.5 Å². The molecule has 1 atom stereocenters. The van der Waals surface area contributed by atoms with Gasteiger partial charge in [-0.25, -0.2) is 14.6 Å². The number of hydrogen-bond donors (Lipinski definition) is 1. The Labute approximate surface area is 259 Å². The van der Waals surface area contributed by atoms with Crippen molar-refractivity contribution < 1.29 is 23.8 Å². The third kappa shape index (κ3) is 5.88. The molecule has 2 saturated heterocycles. The van der Waals surface area contributed by atoms with Gasteiger partial charge in [0.1, 0.15) is 23.8 Å². The van der Waals surface area contributed by atoms with Gasteiger partial charge in [-0.3, -0.25) is 0 Å². The molecule has 9 nitrogen and oxygen atoms in total. The van der Waals surface area contributed by atoms with Gasteiger partial charge in [0.25, 0.3) is 0 Å². The Morgan fingerprint density at radius 3 is 2.45 bits per heavy atom. The number of ether oxygens (including phenoxy) is 3. The highest BCUT2D eigenvalue weighted by Gasteiger charge is 2.48. The number of hydrogen-bond acceptors (Lipinski definition) is 6. The fourth-order valence-electron chi connectivity index (χ4n) is 6.79. The minimum Gasteiger partial charge on any atom is -0.480 e. The number of imidazole rings is 1. The number of aromatic nitrogens is 2. The molecule has 1 N–H and O–H groups in total. The lowest BCUT2D eigenvalue weighted by molar-refractivity contribution is -0.0102. The van der Waals surface area contributed by atoms with Gasteiger partial charge in [-0.1, -0.05) is 36.4 Å². The quantitative estimate of drug-likeness (QED) is 0.339. The van der Waals surface area contributed by atoms with Crippen molar-refractivity contribution >= 4 is 12.2 Å². The Kier molecular flexibility index (Phi) is 7.62. The molecule has 3 aliphatic rings. The van der Waals surface area contributed by atoms with Crippen molar-refractivity contribution in [2.24, 2.45) is 0 Å². The smallest absolute Gasteiger partial charge is 0.410 e. The molecule has 0 saturated carbocycles. The van der Waals surface area contributed by atoms with Gasteiger partial charge in [0.15, 0.2) is 5.60 Å². The summed E-state index contributed by atoms with van der Waals surface area (Å²) in [5, 5.41) is 0. The van der Waals surface area contributed by atoms with Gasteiger partial charge in [0.2, 0.25) is 0 Å². The number of aryl methyl sites for hydroxylation is 1. The minimum atomic E-state index is -0.621. The van der Waals surface area contributed by atoms with Crippen molar-refractivity contribution in [3.63, 3.8) is 0 Å². The molecule has 9 heteroatoms. The van der Waals surface area contributed by atoms with Crippen LogP contribution in [0.15, 0.2) is 48.5 Å². The van der Waals surface area contributed by atoms with E-state index >= 15 is 0 Å². The lowest BCUT2D eigenvalue weighted by atomic mass is 9.82. The van der Waals surface area contributed by atoms with E-state index in [1.807, 2.05) is 56.0 Å². The van der Waals surface area contributed by atoms with Gasteiger partial charge in [0.05, 0.1) is 11.4 Å². The van der Waals surface area contributed by atoms with E-state index in [1.54, 1.807) is 4.90 Å². The molecule has 1 aromatic heterocycles. The number of rotatable bonds is 3. The van der Waals surface area contributed by atoms with Crippen LogP contribution in [0.4, 0.5) is 9.59 Å². The SMILES string of the molecule is Cc1ccc2c(c1)OC1(CCN(C(=O)OCc3ccccc3)CC1)c1[nH]c(C3CCN(C(=O)OC(C)(C)C)C(C)(C)C3)nc1-2. The molecule has 2 fully saturated rings. The molecule has 0 aliphatic carbocycles. The second-order valence-electron chi connectivity index (χ2n) is 14.1. The van der Waals surface area contributed by atoms with Crippen molar-refractivity contribution in [2.45, 2.75) is 96.5 Å². The van der Waals surface area contributed by atoms with Crippen LogP contribution >= 0.6 is 0 Å². The van der Waals surface area contributed by atoms with Crippen molar-refractivity contribution in [1.29, 1.82) is 0 Å². The molecular formula is C35H44N4O5. The van der Waals surface area contributed by atoms with Crippen LogP contribution in [-0.2, 0) is 21.7 Å². The fraction of sp³-hybridized carbons (Fsp3) is 0.514. The van der Waals surface area contributed by atoms with Crippen LogP contribution in [0, 0.1) is 6.92 Å². The highest BCUT2D eigenvalue weighted by molar-refractivity contribution is 5.74. The van der Waals surface area contributed by atoms with E-state index in [4.69, 9.17) is 19.2 Å². The van der Waals surface area contributed by atoms with Gasteiger partial charge in [-0.05, 0) is 77.6 Å². The van der Waals surface area contributed by atoms with E-state index in [-0.39, 0.29) is 24.7 Å². The highest BCUT2D eigenvalue weighted by Crippen LogP contribution is 2.50. The van der Waals surface area contributed by atoms with E-state index in [0.717, 1.165) is 52.5 Å². The van der Waals surface area contributed by atoms with Crippen LogP contribution in [0.25, 0.3) is 11.3 Å². The Bertz CT molecular complexity index is 1530. The summed E-state index contributed by atoms with van der Waals surface area (Å²) in [4.78, 5) is 38.6. The topological polar surface area (TPSA) is 97.0 Å². The summed E-state index contributed by atoms with van der Waals surface area (Å²) >= 11 is 0. The number of H-pyrrole nitrogens is 1. The Hall–Kier alpha value is -4.01. The number of aromatic amines is 1. The monoisotopic (exact) mass is 600 g/mol. The first kappa shape index (κ1) is 30.0. The number of nitrogens with one attached hydrogen (secondary N) is 1. The Morgan fingerprint density at radius 2 is 1.77 bits per heavy atom. The summed E-state index contributed by atoms with van der Waals surface area (Å²) in [6, 6.07) is 16.0. The predicted octanol–water partition coefficient (Wildman–Crippen LogP) is 7.30. The summed E-state index contributed by atoms with van der Waals surface area (Å²) in [5.41, 5.74) is 3.41. The minimum absolute atomic E-state index is 0.147. The van der Waals surface area contributed by atoms with E-state index in [9.17, 15) is 9.59 Å². The predicted molar refractivity (Wildman–Crippen MR) is 167 cm³/mol. The number of fused-ring (bicyclic) bond motifs is 4.